The van der Waals surface area contributed by atoms with Crippen LogP contribution in [0.15, 0.2) is 30.3 Å². The average molecular weight is 315 g/mol. The Balaban J connectivity index is 1.76. The van der Waals surface area contributed by atoms with Gasteiger partial charge in [-0.05, 0) is 44.2 Å². The second-order valence-corrected chi connectivity index (χ2v) is 6.13. The molecule has 0 radical (unpaired) electrons. The van der Waals surface area contributed by atoms with E-state index in [0.29, 0.717) is 11.7 Å². The summed E-state index contributed by atoms with van der Waals surface area (Å²) in [4.78, 5) is 16.6. The van der Waals surface area contributed by atoms with Crippen molar-refractivity contribution in [3.05, 3.63) is 41.7 Å². The quantitative estimate of drug-likeness (QED) is 0.803. The van der Waals surface area contributed by atoms with E-state index in [1.54, 1.807) is 7.11 Å². The molecule has 2 heterocycles. The minimum atomic E-state index is -0.0755. The number of aromatic nitrogens is 2. The number of rotatable bonds is 4. The molecule has 0 unspecified atom stereocenters. The molecule has 0 bridgehead atoms. The predicted octanol–water partition coefficient (Wildman–Crippen LogP) is 3.36. The van der Waals surface area contributed by atoms with Gasteiger partial charge in [-0.1, -0.05) is 11.3 Å². The molecule has 0 fully saturated rings. The standard InChI is InChI=1S/C16H17N3O2S/c1-10-4-5-11(2)19(10)9-15(20)18-16-17-13-7-6-12(21-3)8-14(13)22-16/h4-8H,9H2,1-3H3,(H,17,18,20). The predicted molar refractivity (Wildman–Crippen MR) is 88.7 cm³/mol. The number of methoxy groups -OCH3 is 1. The molecule has 1 N–H and O–H groups in total. The van der Waals surface area contributed by atoms with Gasteiger partial charge in [0, 0.05) is 11.4 Å². The zero-order chi connectivity index (χ0) is 15.7. The molecule has 6 heteroatoms. The summed E-state index contributed by atoms with van der Waals surface area (Å²) in [7, 11) is 1.63. The third-order valence-corrected chi connectivity index (χ3v) is 4.49. The van der Waals surface area contributed by atoms with Gasteiger partial charge < -0.3 is 14.6 Å². The van der Waals surface area contributed by atoms with E-state index in [0.717, 1.165) is 27.4 Å². The van der Waals surface area contributed by atoms with Crippen molar-refractivity contribution in [3.63, 3.8) is 0 Å². The second kappa shape index (κ2) is 5.81. The molecule has 1 amide bonds. The maximum absolute atomic E-state index is 12.2. The van der Waals surface area contributed by atoms with Crippen molar-refractivity contribution in [2.24, 2.45) is 0 Å². The zero-order valence-corrected chi connectivity index (χ0v) is 13.5. The molecule has 0 saturated heterocycles. The van der Waals surface area contributed by atoms with Gasteiger partial charge in [0.05, 0.1) is 17.3 Å². The number of ether oxygens (including phenoxy) is 1. The molecule has 22 heavy (non-hydrogen) atoms. The van der Waals surface area contributed by atoms with Crippen molar-refractivity contribution in [3.8, 4) is 5.75 Å². The lowest BCUT2D eigenvalue weighted by Crippen LogP contribution is -2.19. The monoisotopic (exact) mass is 315 g/mol. The van der Waals surface area contributed by atoms with Gasteiger partial charge in [-0.15, -0.1) is 0 Å². The summed E-state index contributed by atoms with van der Waals surface area (Å²) in [6.45, 7) is 4.28. The van der Waals surface area contributed by atoms with Crippen LogP contribution in [0.25, 0.3) is 10.2 Å². The Morgan fingerprint density at radius 1 is 1.27 bits per heavy atom. The van der Waals surface area contributed by atoms with Crippen LogP contribution < -0.4 is 10.1 Å². The summed E-state index contributed by atoms with van der Waals surface area (Å²) >= 11 is 1.44. The van der Waals surface area contributed by atoms with E-state index in [9.17, 15) is 4.79 Å². The van der Waals surface area contributed by atoms with E-state index in [-0.39, 0.29) is 5.91 Å². The van der Waals surface area contributed by atoms with E-state index in [4.69, 9.17) is 4.74 Å². The third-order valence-electron chi connectivity index (χ3n) is 3.56. The van der Waals surface area contributed by atoms with Crippen LogP contribution >= 0.6 is 11.3 Å². The normalized spacial score (nSPS) is 10.9. The number of nitrogens with zero attached hydrogens (tertiary/aromatic N) is 2. The van der Waals surface area contributed by atoms with E-state index in [1.807, 2.05) is 48.7 Å². The molecular weight excluding hydrogens is 298 g/mol. The van der Waals surface area contributed by atoms with Gasteiger partial charge in [-0.2, -0.15) is 0 Å². The average Bonchev–Trinajstić information content (AvgIpc) is 3.03. The van der Waals surface area contributed by atoms with Crippen molar-refractivity contribution in [1.82, 2.24) is 9.55 Å². The van der Waals surface area contributed by atoms with E-state index in [1.165, 1.54) is 11.3 Å². The molecule has 114 valence electrons. The summed E-state index contributed by atoms with van der Waals surface area (Å²) in [5.74, 6) is 0.709. The number of hydrogen-bond acceptors (Lipinski definition) is 4. The highest BCUT2D eigenvalue weighted by Crippen LogP contribution is 2.29. The van der Waals surface area contributed by atoms with Crippen LogP contribution in [0.1, 0.15) is 11.4 Å². The van der Waals surface area contributed by atoms with Crippen molar-refractivity contribution >= 4 is 32.6 Å². The molecule has 3 rings (SSSR count). The van der Waals surface area contributed by atoms with Crippen molar-refractivity contribution in [2.75, 3.05) is 12.4 Å². The van der Waals surface area contributed by atoms with Crippen LogP contribution in [-0.2, 0) is 11.3 Å². The molecule has 0 aliphatic rings. The van der Waals surface area contributed by atoms with Gasteiger partial charge in [0.15, 0.2) is 5.13 Å². The molecule has 0 aliphatic heterocycles. The van der Waals surface area contributed by atoms with Crippen LogP contribution in [0.5, 0.6) is 5.75 Å². The lowest BCUT2D eigenvalue weighted by atomic mass is 10.3. The van der Waals surface area contributed by atoms with E-state index >= 15 is 0 Å². The first-order chi connectivity index (χ1) is 10.6. The van der Waals surface area contributed by atoms with Crippen LogP contribution in [-0.4, -0.2) is 22.6 Å². The number of fused-ring (bicyclic) bond motifs is 1. The minimum Gasteiger partial charge on any atom is -0.497 e. The Morgan fingerprint density at radius 2 is 2.00 bits per heavy atom. The first-order valence-electron chi connectivity index (χ1n) is 6.94. The number of hydrogen-bond donors (Lipinski definition) is 1. The van der Waals surface area contributed by atoms with E-state index in [2.05, 4.69) is 10.3 Å². The van der Waals surface area contributed by atoms with Crippen LogP contribution in [0.2, 0.25) is 0 Å². The van der Waals surface area contributed by atoms with Crippen molar-refractivity contribution in [2.45, 2.75) is 20.4 Å². The SMILES string of the molecule is COc1ccc2nc(NC(=O)Cn3c(C)ccc3C)sc2c1. The van der Waals surface area contributed by atoms with Crippen LogP contribution in [0.4, 0.5) is 5.13 Å². The lowest BCUT2D eigenvalue weighted by molar-refractivity contribution is -0.116. The highest BCUT2D eigenvalue weighted by Gasteiger charge is 2.11. The number of aryl methyl sites for hydroxylation is 2. The van der Waals surface area contributed by atoms with Crippen LogP contribution in [0.3, 0.4) is 0 Å². The fraction of sp³-hybridized carbons (Fsp3) is 0.250. The Bertz CT molecular complexity index is 816. The highest BCUT2D eigenvalue weighted by molar-refractivity contribution is 7.22. The number of anilines is 1. The molecule has 2 aromatic heterocycles. The number of amides is 1. The van der Waals surface area contributed by atoms with Gasteiger partial charge in [-0.3, -0.25) is 4.79 Å². The molecule has 0 aliphatic carbocycles. The molecule has 0 atom stereocenters. The Hall–Kier alpha value is -2.34. The maximum Gasteiger partial charge on any atom is 0.246 e. The fourth-order valence-corrected chi connectivity index (χ4v) is 3.25. The Labute approximate surface area is 132 Å². The maximum atomic E-state index is 12.2. The zero-order valence-electron chi connectivity index (χ0n) is 12.7. The molecular formula is C16H17N3O2S. The van der Waals surface area contributed by atoms with Crippen molar-refractivity contribution in [1.29, 1.82) is 0 Å². The molecule has 0 spiro atoms. The minimum absolute atomic E-state index is 0.0755. The van der Waals surface area contributed by atoms with Gasteiger partial charge >= 0.3 is 0 Å². The number of carbonyl (C=O) groups excluding carboxylic acids is 1. The van der Waals surface area contributed by atoms with Gasteiger partial charge in [0.1, 0.15) is 12.3 Å². The lowest BCUT2D eigenvalue weighted by Gasteiger charge is -2.08. The summed E-state index contributed by atoms with van der Waals surface area (Å²) < 4.78 is 8.16. The van der Waals surface area contributed by atoms with E-state index < -0.39 is 0 Å². The summed E-state index contributed by atoms with van der Waals surface area (Å²) in [6, 6.07) is 9.68. The number of nitrogens with one attached hydrogen (secondary N) is 1. The van der Waals surface area contributed by atoms with Crippen LogP contribution in [0, 0.1) is 13.8 Å². The largest absolute Gasteiger partial charge is 0.497 e. The molecule has 3 aromatic rings. The van der Waals surface area contributed by atoms with Crippen molar-refractivity contribution < 1.29 is 9.53 Å². The Kier molecular flexibility index (Phi) is 3.85. The smallest absolute Gasteiger partial charge is 0.246 e. The van der Waals surface area contributed by atoms with Gasteiger partial charge in [0.25, 0.3) is 0 Å². The molecule has 1 aromatic carbocycles. The topological polar surface area (TPSA) is 56.1 Å². The third kappa shape index (κ3) is 2.82. The molecule has 5 nitrogen and oxygen atoms in total. The molecule has 0 saturated carbocycles. The van der Waals surface area contributed by atoms with Gasteiger partial charge in [0.2, 0.25) is 5.91 Å². The fourth-order valence-electron chi connectivity index (χ4n) is 2.34. The summed E-state index contributed by atoms with van der Waals surface area (Å²) in [5.41, 5.74) is 3.00. The first kappa shape index (κ1) is 14.6. The first-order valence-corrected chi connectivity index (χ1v) is 7.75. The summed E-state index contributed by atoms with van der Waals surface area (Å²) in [5, 5.41) is 3.48. The highest BCUT2D eigenvalue weighted by atomic mass is 32.1. The Morgan fingerprint density at radius 3 is 2.68 bits per heavy atom. The number of thiazole rings is 1. The number of benzene rings is 1. The second-order valence-electron chi connectivity index (χ2n) is 5.10. The van der Waals surface area contributed by atoms with Gasteiger partial charge in [-0.25, -0.2) is 4.98 Å². The number of carbonyl (C=O) groups is 1. The summed E-state index contributed by atoms with van der Waals surface area (Å²) in [6.07, 6.45) is 0.